The molecule has 1 aliphatic heterocycles. The monoisotopic (exact) mass is 228 g/mol. The molecule has 2 nitrogen and oxygen atoms in total. The zero-order chi connectivity index (χ0) is 11.9. The molecule has 1 saturated carbocycles. The Kier molecular flexibility index (Phi) is 2.32. The van der Waals surface area contributed by atoms with Crippen LogP contribution in [0, 0.1) is 5.92 Å². The highest BCUT2D eigenvalue weighted by atomic mass is 16.5. The molecular weight excluding hydrogens is 212 g/mol. The van der Waals surface area contributed by atoms with Crippen LogP contribution in [0.4, 0.5) is 0 Å². The molecule has 0 radical (unpaired) electrons. The van der Waals surface area contributed by atoms with Gasteiger partial charge < -0.3 is 4.74 Å². The van der Waals surface area contributed by atoms with E-state index in [1.807, 2.05) is 30.3 Å². The lowest BCUT2D eigenvalue weighted by Gasteiger charge is -2.27. The van der Waals surface area contributed by atoms with Gasteiger partial charge in [-0.15, -0.1) is 0 Å². The number of hydrogen-bond donors (Lipinski definition) is 0. The van der Waals surface area contributed by atoms with Crippen molar-refractivity contribution in [2.75, 3.05) is 0 Å². The number of ether oxygens (including phenoxy) is 1. The fourth-order valence-corrected chi connectivity index (χ4v) is 2.93. The molecule has 1 heterocycles. The van der Waals surface area contributed by atoms with E-state index in [0.29, 0.717) is 5.92 Å². The van der Waals surface area contributed by atoms with Gasteiger partial charge in [0.25, 0.3) is 0 Å². The number of carbonyl (C=O) groups excluding carboxylic acids is 1. The van der Waals surface area contributed by atoms with E-state index in [-0.39, 0.29) is 5.78 Å². The minimum Gasteiger partial charge on any atom is -0.478 e. The number of benzene rings is 1. The van der Waals surface area contributed by atoms with Crippen molar-refractivity contribution in [1.82, 2.24) is 0 Å². The summed E-state index contributed by atoms with van der Waals surface area (Å²) in [7, 11) is 0. The summed E-state index contributed by atoms with van der Waals surface area (Å²) < 4.78 is 6.03. The lowest BCUT2D eigenvalue weighted by atomic mass is 9.89. The maximum absolute atomic E-state index is 12.2. The van der Waals surface area contributed by atoms with Crippen LogP contribution in [0.1, 0.15) is 31.7 Å². The van der Waals surface area contributed by atoms with Crippen molar-refractivity contribution in [3.63, 3.8) is 0 Å². The number of ketones is 1. The smallest absolute Gasteiger partial charge is 0.203 e. The summed E-state index contributed by atoms with van der Waals surface area (Å²) in [5.41, 5.74) is 0.447. The molecule has 2 aliphatic rings. The van der Waals surface area contributed by atoms with Gasteiger partial charge in [0.15, 0.2) is 5.60 Å². The largest absolute Gasteiger partial charge is 0.478 e. The first-order valence-electron chi connectivity index (χ1n) is 6.23. The quantitative estimate of drug-likeness (QED) is 0.738. The van der Waals surface area contributed by atoms with E-state index in [1.165, 1.54) is 0 Å². The van der Waals surface area contributed by atoms with Crippen LogP contribution in [-0.4, -0.2) is 11.4 Å². The van der Waals surface area contributed by atoms with Gasteiger partial charge in [0.05, 0.1) is 0 Å². The van der Waals surface area contributed by atoms with Crippen molar-refractivity contribution in [3.8, 4) is 0 Å². The Labute approximate surface area is 101 Å². The Morgan fingerprint density at radius 3 is 2.71 bits per heavy atom. The van der Waals surface area contributed by atoms with Gasteiger partial charge in [-0.1, -0.05) is 37.3 Å². The van der Waals surface area contributed by atoms with Crippen LogP contribution in [0.5, 0.6) is 0 Å². The third kappa shape index (κ3) is 1.51. The lowest BCUT2D eigenvalue weighted by Crippen LogP contribution is -2.38. The zero-order valence-corrected chi connectivity index (χ0v) is 9.98. The summed E-state index contributed by atoms with van der Waals surface area (Å²) in [4.78, 5) is 12.2. The minimum atomic E-state index is -0.550. The standard InChI is InChI=1S/C15H16O2/c1-11-6-5-9-15(11)14(16)10-13(17-15)12-7-3-2-4-8-12/h2-4,7-8,10-11H,5-6,9H2,1H3/t11-,15-/m0/s1. The maximum Gasteiger partial charge on any atom is 0.203 e. The SMILES string of the molecule is C[C@H]1CCC[C@]12OC(c1ccccc1)=CC2=O. The first-order chi connectivity index (χ1) is 8.22. The molecule has 0 aromatic heterocycles. The summed E-state index contributed by atoms with van der Waals surface area (Å²) >= 11 is 0. The Morgan fingerprint density at radius 2 is 2.06 bits per heavy atom. The molecule has 1 fully saturated rings. The van der Waals surface area contributed by atoms with Gasteiger partial charge in [-0.05, 0) is 19.3 Å². The second-order valence-corrected chi connectivity index (χ2v) is 5.02. The molecule has 1 aliphatic carbocycles. The van der Waals surface area contributed by atoms with Crippen LogP contribution in [0.3, 0.4) is 0 Å². The molecular formula is C15H16O2. The van der Waals surface area contributed by atoms with E-state index >= 15 is 0 Å². The zero-order valence-electron chi connectivity index (χ0n) is 9.98. The molecule has 0 unspecified atom stereocenters. The summed E-state index contributed by atoms with van der Waals surface area (Å²) in [5, 5.41) is 0. The van der Waals surface area contributed by atoms with E-state index in [1.54, 1.807) is 6.08 Å². The molecule has 0 saturated heterocycles. The van der Waals surface area contributed by atoms with Crippen molar-refractivity contribution in [2.24, 2.45) is 5.92 Å². The molecule has 2 heteroatoms. The predicted molar refractivity (Wildman–Crippen MR) is 66.3 cm³/mol. The molecule has 1 aromatic carbocycles. The third-order valence-electron chi connectivity index (χ3n) is 4.01. The molecule has 1 spiro atoms. The molecule has 3 rings (SSSR count). The Balaban J connectivity index is 1.93. The van der Waals surface area contributed by atoms with Crippen molar-refractivity contribution in [2.45, 2.75) is 31.8 Å². The Morgan fingerprint density at radius 1 is 1.29 bits per heavy atom. The number of carbonyl (C=O) groups is 1. The Bertz CT molecular complexity index is 475. The lowest BCUT2D eigenvalue weighted by molar-refractivity contribution is -0.131. The highest BCUT2D eigenvalue weighted by molar-refractivity contribution is 6.05. The molecule has 0 bridgehead atoms. The fraction of sp³-hybridized carbons (Fsp3) is 0.400. The van der Waals surface area contributed by atoms with Gasteiger partial charge in [-0.25, -0.2) is 0 Å². The molecule has 17 heavy (non-hydrogen) atoms. The maximum atomic E-state index is 12.2. The van der Waals surface area contributed by atoms with Gasteiger partial charge in [-0.3, -0.25) is 4.79 Å². The fourth-order valence-electron chi connectivity index (χ4n) is 2.93. The minimum absolute atomic E-state index is 0.154. The van der Waals surface area contributed by atoms with E-state index < -0.39 is 5.60 Å². The van der Waals surface area contributed by atoms with E-state index in [4.69, 9.17) is 4.74 Å². The van der Waals surface area contributed by atoms with Gasteiger partial charge in [0, 0.05) is 17.6 Å². The van der Waals surface area contributed by atoms with Crippen LogP contribution in [0.25, 0.3) is 5.76 Å². The molecule has 0 amide bonds. The predicted octanol–water partition coefficient (Wildman–Crippen LogP) is 3.19. The highest BCUT2D eigenvalue weighted by Crippen LogP contribution is 2.46. The number of hydrogen-bond acceptors (Lipinski definition) is 2. The van der Waals surface area contributed by atoms with Gasteiger partial charge in [0.1, 0.15) is 5.76 Å². The van der Waals surface area contributed by atoms with Crippen LogP contribution >= 0.6 is 0 Å². The summed E-state index contributed by atoms with van der Waals surface area (Å²) in [6.45, 7) is 2.12. The van der Waals surface area contributed by atoms with Gasteiger partial charge in [0.2, 0.25) is 5.78 Å². The summed E-state index contributed by atoms with van der Waals surface area (Å²) in [6.07, 6.45) is 4.71. The Hall–Kier alpha value is -1.57. The molecule has 2 atom stereocenters. The molecule has 1 aromatic rings. The highest BCUT2D eigenvalue weighted by Gasteiger charge is 2.51. The van der Waals surface area contributed by atoms with E-state index in [9.17, 15) is 4.79 Å². The van der Waals surface area contributed by atoms with Crippen molar-refractivity contribution >= 4 is 11.5 Å². The average molecular weight is 228 g/mol. The molecule has 0 N–H and O–H groups in total. The van der Waals surface area contributed by atoms with Gasteiger partial charge in [-0.2, -0.15) is 0 Å². The van der Waals surface area contributed by atoms with Crippen LogP contribution in [-0.2, 0) is 9.53 Å². The van der Waals surface area contributed by atoms with E-state index in [0.717, 1.165) is 30.6 Å². The summed E-state index contributed by atoms with van der Waals surface area (Å²) in [6, 6.07) is 9.87. The van der Waals surface area contributed by atoms with Crippen molar-refractivity contribution < 1.29 is 9.53 Å². The third-order valence-corrected chi connectivity index (χ3v) is 4.01. The number of rotatable bonds is 1. The van der Waals surface area contributed by atoms with Crippen LogP contribution < -0.4 is 0 Å². The van der Waals surface area contributed by atoms with E-state index in [2.05, 4.69) is 6.92 Å². The normalized spacial score (nSPS) is 31.7. The first-order valence-corrected chi connectivity index (χ1v) is 6.23. The van der Waals surface area contributed by atoms with Crippen molar-refractivity contribution in [3.05, 3.63) is 42.0 Å². The second kappa shape index (κ2) is 3.73. The average Bonchev–Trinajstić information content (AvgIpc) is 2.88. The van der Waals surface area contributed by atoms with Gasteiger partial charge >= 0.3 is 0 Å². The van der Waals surface area contributed by atoms with Crippen LogP contribution in [0.2, 0.25) is 0 Å². The topological polar surface area (TPSA) is 26.3 Å². The first kappa shape index (κ1) is 10.6. The second-order valence-electron chi connectivity index (χ2n) is 5.02. The van der Waals surface area contributed by atoms with Crippen molar-refractivity contribution in [1.29, 1.82) is 0 Å². The van der Waals surface area contributed by atoms with Crippen LogP contribution in [0.15, 0.2) is 36.4 Å². The summed E-state index contributed by atoms with van der Waals surface area (Å²) in [5.74, 6) is 1.22. The molecule has 88 valence electrons.